The molecule has 1 aliphatic carbocycles. The van der Waals surface area contributed by atoms with Crippen LogP contribution in [-0.4, -0.2) is 49.3 Å². The number of rotatable bonds is 6. The van der Waals surface area contributed by atoms with E-state index in [2.05, 4.69) is 51.6 Å². The Balaban J connectivity index is 1.41. The van der Waals surface area contributed by atoms with E-state index in [0.717, 1.165) is 24.8 Å². The number of pyridine rings is 1. The molecular weight excluding hydrogens is 445 g/mol. The monoisotopic (exact) mass is 471 g/mol. The van der Waals surface area contributed by atoms with Gasteiger partial charge in [0.05, 0.1) is 19.0 Å². The first-order valence-electron chi connectivity index (χ1n) is 11.8. The molecule has 1 unspecified atom stereocenters. The summed E-state index contributed by atoms with van der Waals surface area (Å²) in [5.74, 6) is 0.642. The van der Waals surface area contributed by atoms with Gasteiger partial charge in [-0.1, -0.05) is 25.1 Å². The zero-order chi connectivity index (χ0) is 23.9. The second kappa shape index (κ2) is 8.74. The molecule has 8 nitrogen and oxygen atoms in total. The molecule has 2 atom stereocenters. The Morgan fingerprint density at radius 2 is 2.11 bits per heavy atom. The Hall–Kier alpha value is -3.85. The van der Waals surface area contributed by atoms with Crippen molar-refractivity contribution in [2.75, 3.05) is 19.0 Å². The molecule has 0 radical (unpaired) electrons. The molecule has 1 aliphatic rings. The first-order valence-corrected chi connectivity index (χ1v) is 11.8. The van der Waals surface area contributed by atoms with E-state index in [9.17, 15) is 4.39 Å². The number of para-hydroxylation sites is 1. The number of methoxy groups -OCH3 is 1. The Morgan fingerprint density at radius 3 is 2.97 bits per heavy atom. The number of benzene rings is 1. The van der Waals surface area contributed by atoms with Crippen LogP contribution in [0.1, 0.15) is 36.1 Å². The number of hydrogen-bond donors (Lipinski definition) is 2. The maximum Gasteiger partial charge on any atom is 0.228 e. The van der Waals surface area contributed by atoms with E-state index in [4.69, 9.17) is 14.7 Å². The van der Waals surface area contributed by atoms with Gasteiger partial charge in [0.2, 0.25) is 5.95 Å². The zero-order valence-corrected chi connectivity index (χ0v) is 19.6. The predicted octanol–water partition coefficient (Wildman–Crippen LogP) is 4.53. The van der Waals surface area contributed by atoms with E-state index in [0.29, 0.717) is 29.6 Å². The second-order valence-corrected chi connectivity index (χ2v) is 9.17. The fourth-order valence-corrected chi connectivity index (χ4v) is 5.01. The van der Waals surface area contributed by atoms with Gasteiger partial charge in [0.15, 0.2) is 11.5 Å². The molecule has 4 heterocycles. The molecule has 0 saturated heterocycles. The second-order valence-electron chi connectivity index (χ2n) is 9.17. The lowest BCUT2D eigenvalue weighted by atomic mass is 9.91. The fourth-order valence-electron chi connectivity index (χ4n) is 5.01. The zero-order valence-electron chi connectivity index (χ0n) is 19.6. The highest BCUT2D eigenvalue weighted by Gasteiger charge is 2.25. The number of nitrogens with zero attached hydrogens (tertiary/aromatic N) is 5. The molecular formula is C26H26FN7O. The molecule has 0 bridgehead atoms. The third kappa shape index (κ3) is 3.91. The summed E-state index contributed by atoms with van der Waals surface area (Å²) in [6.07, 6.45) is 7.34. The molecule has 35 heavy (non-hydrogen) atoms. The van der Waals surface area contributed by atoms with Gasteiger partial charge in [-0.05, 0) is 37.0 Å². The van der Waals surface area contributed by atoms with Crippen molar-refractivity contribution >= 4 is 22.5 Å². The number of aromatic nitrogens is 6. The van der Waals surface area contributed by atoms with Crippen molar-refractivity contribution in [3.05, 3.63) is 71.6 Å². The van der Waals surface area contributed by atoms with Crippen LogP contribution < -0.4 is 5.32 Å². The summed E-state index contributed by atoms with van der Waals surface area (Å²) in [6.45, 7) is 2.61. The molecule has 0 spiro atoms. The minimum absolute atomic E-state index is 0.0854. The van der Waals surface area contributed by atoms with E-state index in [1.807, 2.05) is 6.20 Å². The van der Waals surface area contributed by atoms with E-state index in [1.54, 1.807) is 17.8 Å². The Bertz CT molecular complexity index is 1530. The van der Waals surface area contributed by atoms with Gasteiger partial charge in [-0.3, -0.25) is 4.98 Å². The third-order valence-electron chi connectivity index (χ3n) is 6.73. The van der Waals surface area contributed by atoms with Gasteiger partial charge in [0.1, 0.15) is 5.82 Å². The van der Waals surface area contributed by atoms with Crippen molar-refractivity contribution in [1.29, 1.82) is 0 Å². The molecule has 0 aliphatic heterocycles. The molecule has 0 fully saturated rings. The van der Waals surface area contributed by atoms with Gasteiger partial charge in [0, 0.05) is 53.0 Å². The highest BCUT2D eigenvalue weighted by atomic mass is 19.1. The third-order valence-corrected chi connectivity index (χ3v) is 6.73. The van der Waals surface area contributed by atoms with Crippen molar-refractivity contribution in [2.24, 2.45) is 0 Å². The lowest BCUT2D eigenvalue weighted by Crippen LogP contribution is -2.29. The molecule has 9 heteroatoms. The minimum atomic E-state index is -0.430. The van der Waals surface area contributed by atoms with Crippen LogP contribution in [0, 0.1) is 5.82 Å². The van der Waals surface area contributed by atoms with Crippen LogP contribution in [0.25, 0.3) is 27.9 Å². The van der Waals surface area contributed by atoms with Crippen molar-refractivity contribution in [1.82, 2.24) is 29.5 Å². The number of hydrogen-bond acceptors (Lipinski definition) is 6. The number of anilines is 1. The van der Waals surface area contributed by atoms with E-state index >= 15 is 0 Å². The molecule has 4 aromatic heterocycles. The van der Waals surface area contributed by atoms with Crippen molar-refractivity contribution in [3.8, 4) is 11.4 Å². The first-order chi connectivity index (χ1) is 17.1. The van der Waals surface area contributed by atoms with Crippen LogP contribution in [0.2, 0.25) is 0 Å². The quantitative estimate of drug-likeness (QED) is 0.378. The molecule has 2 N–H and O–H groups in total. The number of nitrogens with one attached hydrogen (secondary N) is 2. The fraction of sp³-hybridized carbons (Fsp3) is 0.308. The van der Waals surface area contributed by atoms with E-state index < -0.39 is 5.82 Å². The molecule has 178 valence electrons. The van der Waals surface area contributed by atoms with Crippen molar-refractivity contribution < 1.29 is 9.13 Å². The Morgan fingerprint density at radius 1 is 1.23 bits per heavy atom. The van der Waals surface area contributed by atoms with Gasteiger partial charge >= 0.3 is 0 Å². The van der Waals surface area contributed by atoms with Crippen LogP contribution in [0.15, 0.2) is 48.9 Å². The molecule has 5 aromatic rings. The summed E-state index contributed by atoms with van der Waals surface area (Å²) < 4.78 is 21.1. The maximum absolute atomic E-state index is 14.0. The maximum atomic E-state index is 14.0. The smallest absolute Gasteiger partial charge is 0.228 e. The van der Waals surface area contributed by atoms with Crippen LogP contribution in [-0.2, 0) is 17.6 Å². The minimum Gasteiger partial charge on any atom is -0.384 e. The molecule has 0 amide bonds. The average Bonchev–Trinajstić information content (AvgIpc) is 3.46. The summed E-state index contributed by atoms with van der Waals surface area (Å²) in [7, 11) is 1.68. The van der Waals surface area contributed by atoms with E-state index in [1.165, 1.54) is 34.4 Å². The summed E-state index contributed by atoms with van der Waals surface area (Å²) in [5, 5.41) is 9.49. The number of aromatic amines is 1. The normalized spacial score (nSPS) is 16.5. The van der Waals surface area contributed by atoms with Gasteiger partial charge < -0.3 is 15.0 Å². The lowest BCUT2D eigenvalue weighted by molar-refractivity contribution is 0.184. The topological polar surface area (TPSA) is 93.0 Å². The van der Waals surface area contributed by atoms with Crippen molar-refractivity contribution in [3.63, 3.8) is 0 Å². The van der Waals surface area contributed by atoms with Gasteiger partial charge in [-0.25, -0.2) is 9.37 Å². The van der Waals surface area contributed by atoms with Gasteiger partial charge in [0.25, 0.3) is 0 Å². The molecule has 1 aromatic carbocycles. The standard InChI is InChI=1S/C26H26FN7O/c1-15(14-35-2)21-13-29-34-25(21)32-24(16-9-17(27)12-28-11-16)33-26(34)30-18-7-8-23-20(10-18)19-5-3-4-6-22(19)31-23/h3-6,9,11-13,15,18,31H,7-8,10,14H2,1-2H3,(H,30,32,33)/t15-,18?/m1/s1. The Labute approximate surface area is 201 Å². The van der Waals surface area contributed by atoms with Crippen LogP contribution in [0.5, 0.6) is 0 Å². The van der Waals surface area contributed by atoms with Gasteiger partial charge in [-0.15, -0.1) is 0 Å². The van der Waals surface area contributed by atoms with Gasteiger partial charge in [-0.2, -0.15) is 14.6 Å². The largest absolute Gasteiger partial charge is 0.384 e. The van der Waals surface area contributed by atoms with Crippen LogP contribution in [0.4, 0.5) is 10.3 Å². The van der Waals surface area contributed by atoms with Crippen molar-refractivity contribution in [2.45, 2.75) is 38.1 Å². The van der Waals surface area contributed by atoms with Crippen LogP contribution in [0.3, 0.4) is 0 Å². The summed E-state index contributed by atoms with van der Waals surface area (Å²) in [6, 6.07) is 9.99. The lowest BCUT2D eigenvalue weighted by Gasteiger charge is -2.24. The highest BCUT2D eigenvalue weighted by molar-refractivity contribution is 5.85. The molecule has 6 rings (SSSR count). The number of H-pyrrole nitrogens is 1. The average molecular weight is 472 g/mol. The summed E-state index contributed by atoms with van der Waals surface area (Å²) >= 11 is 0. The highest BCUT2D eigenvalue weighted by Crippen LogP contribution is 2.31. The SMILES string of the molecule is COC[C@@H](C)c1cnn2c(NC3CCc4[nH]c5ccccc5c4C3)nc(-c3cncc(F)c3)nc12. The summed E-state index contributed by atoms with van der Waals surface area (Å²) in [4.78, 5) is 17.1. The summed E-state index contributed by atoms with van der Waals surface area (Å²) in [5.41, 5.74) is 5.97. The number of halogens is 1. The van der Waals surface area contributed by atoms with E-state index in [-0.39, 0.29) is 12.0 Å². The first kappa shape index (κ1) is 21.7. The predicted molar refractivity (Wildman–Crippen MR) is 132 cm³/mol. The molecule has 0 saturated carbocycles. The number of ether oxygens (including phenoxy) is 1. The van der Waals surface area contributed by atoms with Crippen LogP contribution >= 0.6 is 0 Å². The Kier molecular flexibility index (Phi) is 5.41. The number of fused-ring (bicyclic) bond motifs is 4. The number of aryl methyl sites for hydroxylation is 1.